The molecule has 1 aromatic heterocycles. The lowest BCUT2D eigenvalue weighted by Gasteiger charge is -2.23. The Morgan fingerprint density at radius 3 is 2.72 bits per heavy atom. The average molecular weight is 364 g/mol. The van der Waals surface area contributed by atoms with Crippen LogP contribution in [0.25, 0.3) is 11.3 Å². The molecule has 2 heterocycles. The first-order chi connectivity index (χ1) is 11.7. The molecule has 2 aromatic rings. The quantitative estimate of drug-likeness (QED) is 0.890. The predicted octanol–water partition coefficient (Wildman–Crippen LogP) is 1.97. The van der Waals surface area contributed by atoms with E-state index in [1.807, 2.05) is 12.1 Å². The molecule has 1 N–H and O–H groups in total. The van der Waals surface area contributed by atoms with Crippen molar-refractivity contribution in [2.75, 3.05) is 18.6 Å². The van der Waals surface area contributed by atoms with Crippen molar-refractivity contribution in [1.82, 2.24) is 10.5 Å². The molecule has 0 bridgehead atoms. The van der Waals surface area contributed by atoms with E-state index in [2.05, 4.69) is 10.5 Å². The highest BCUT2D eigenvalue weighted by atomic mass is 32.2. The second-order valence-corrected chi connectivity index (χ2v) is 8.70. The van der Waals surface area contributed by atoms with Crippen LogP contribution in [0.4, 0.5) is 0 Å². The van der Waals surface area contributed by atoms with Gasteiger partial charge in [-0.1, -0.05) is 17.3 Å². The van der Waals surface area contributed by atoms with Gasteiger partial charge in [-0.25, -0.2) is 8.42 Å². The van der Waals surface area contributed by atoms with Crippen LogP contribution in [0.2, 0.25) is 0 Å². The summed E-state index contributed by atoms with van der Waals surface area (Å²) in [6.45, 7) is 3.38. The Morgan fingerprint density at radius 1 is 1.36 bits per heavy atom. The Balaban J connectivity index is 1.96. The Hall–Kier alpha value is -2.35. The number of aryl methyl sites for hydroxylation is 1. The maximum absolute atomic E-state index is 12.8. The van der Waals surface area contributed by atoms with Gasteiger partial charge in [-0.15, -0.1) is 0 Å². The molecule has 1 aromatic carbocycles. The van der Waals surface area contributed by atoms with Gasteiger partial charge in [0, 0.05) is 5.56 Å². The number of methoxy groups -OCH3 is 1. The number of hydrogen-bond acceptors (Lipinski definition) is 6. The number of carbonyl (C=O) groups excluding carboxylic acids is 1. The van der Waals surface area contributed by atoms with Crippen LogP contribution in [0.15, 0.2) is 28.8 Å². The number of nitrogens with zero attached hydrogens (tertiary/aromatic N) is 1. The predicted molar refractivity (Wildman–Crippen MR) is 92.4 cm³/mol. The topological polar surface area (TPSA) is 98.5 Å². The number of amides is 1. The molecule has 1 fully saturated rings. The molecule has 1 aliphatic heterocycles. The molecule has 25 heavy (non-hydrogen) atoms. The van der Waals surface area contributed by atoms with Crippen LogP contribution in [-0.4, -0.2) is 43.6 Å². The fourth-order valence-corrected chi connectivity index (χ4v) is 5.20. The third-order valence-corrected chi connectivity index (χ3v) is 6.27. The normalized spacial score (nSPS) is 21.9. The zero-order valence-electron chi connectivity index (χ0n) is 14.3. The van der Waals surface area contributed by atoms with E-state index in [0.717, 1.165) is 0 Å². The summed E-state index contributed by atoms with van der Waals surface area (Å²) in [6, 6.07) is 7.19. The zero-order chi connectivity index (χ0) is 18.2. The number of hydrogen-bond donors (Lipinski definition) is 1. The molecular weight excluding hydrogens is 344 g/mol. The number of aromatic nitrogens is 1. The van der Waals surface area contributed by atoms with Crippen LogP contribution in [-0.2, 0) is 9.84 Å². The summed E-state index contributed by atoms with van der Waals surface area (Å²) in [7, 11) is -1.59. The molecule has 0 spiro atoms. The van der Waals surface area contributed by atoms with E-state index >= 15 is 0 Å². The van der Waals surface area contributed by atoms with Gasteiger partial charge in [-0.3, -0.25) is 4.79 Å². The molecule has 134 valence electrons. The highest BCUT2D eigenvalue weighted by molar-refractivity contribution is 7.91. The van der Waals surface area contributed by atoms with Gasteiger partial charge in [0.2, 0.25) is 0 Å². The summed E-state index contributed by atoms with van der Waals surface area (Å²) >= 11 is 0. The number of nitrogens with one attached hydrogen (secondary N) is 1. The van der Waals surface area contributed by atoms with Gasteiger partial charge >= 0.3 is 0 Å². The lowest BCUT2D eigenvalue weighted by atomic mass is 9.99. The van der Waals surface area contributed by atoms with Gasteiger partial charge < -0.3 is 14.6 Å². The standard InChI is InChI=1S/C17H20N2O5S/c1-11-14(16(20)18-17(2)8-9-25(21,22)10-17)15(19-24-11)12-6-4-5-7-13(12)23-3/h4-7H,8-10H2,1-3H3,(H,18,20). The van der Waals surface area contributed by atoms with Gasteiger partial charge in [0.05, 0.1) is 24.2 Å². The molecule has 1 saturated heterocycles. The summed E-state index contributed by atoms with van der Waals surface area (Å²) < 4.78 is 34.1. The lowest BCUT2D eigenvalue weighted by molar-refractivity contribution is 0.0914. The molecule has 3 rings (SSSR count). The smallest absolute Gasteiger partial charge is 0.257 e. The molecule has 1 aliphatic rings. The van der Waals surface area contributed by atoms with E-state index in [1.165, 1.54) is 7.11 Å². The van der Waals surface area contributed by atoms with Crippen molar-refractivity contribution in [3.05, 3.63) is 35.6 Å². The summed E-state index contributed by atoms with van der Waals surface area (Å²) in [4.78, 5) is 12.8. The minimum absolute atomic E-state index is 0.0694. The minimum Gasteiger partial charge on any atom is -0.496 e. The van der Waals surface area contributed by atoms with Gasteiger partial charge in [0.1, 0.15) is 22.8 Å². The second-order valence-electron chi connectivity index (χ2n) is 6.52. The summed E-state index contributed by atoms with van der Waals surface area (Å²) in [5, 5.41) is 6.85. The Morgan fingerprint density at radius 2 is 2.08 bits per heavy atom. The first-order valence-electron chi connectivity index (χ1n) is 7.87. The van der Waals surface area contributed by atoms with Crippen LogP contribution in [0.3, 0.4) is 0 Å². The first kappa shape index (κ1) is 17.5. The summed E-state index contributed by atoms with van der Waals surface area (Å²) in [6.07, 6.45) is 0.384. The van der Waals surface area contributed by atoms with Crippen molar-refractivity contribution >= 4 is 15.7 Å². The molecule has 1 unspecified atom stereocenters. The van der Waals surface area contributed by atoms with Gasteiger partial charge in [0.25, 0.3) is 5.91 Å². The monoisotopic (exact) mass is 364 g/mol. The van der Waals surface area contributed by atoms with Gasteiger partial charge in [-0.05, 0) is 32.4 Å². The SMILES string of the molecule is COc1ccccc1-c1noc(C)c1C(=O)NC1(C)CCS(=O)(=O)C1. The summed E-state index contributed by atoms with van der Waals surface area (Å²) in [5.41, 5.74) is 0.501. The molecule has 1 atom stereocenters. The molecule has 8 heteroatoms. The molecule has 0 radical (unpaired) electrons. The number of ether oxygens (including phenoxy) is 1. The third kappa shape index (κ3) is 3.39. The molecule has 7 nitrogen and oxygen atoms in total. The largest absolute Gasteiger partial charge is 0.496 e. The van der Waals surface area contributed by atoms with Crippen LogP contribution in [0, 0.1) is 6.92 Å². The zero-order valence-corrected chi connectivity index (χ0v) is 15.1. The highest BCUT2D eigenvalue weighted by Gasteiger charge is 2.40. The average Bonchev–Trinajstić information content (AvgIpc) is 3.06. The fourth-order valence-electron chi connectivity index (χ4n) is 3.11. The Labute approximate surface area is 146 Å². The van der Waals surface area contributed by atoms with Crippen LogP contribution >= 0.6 is 0 Å². The fraction of sp³-hybridized carbons (Fsp3) is 0.412. The lowest BCUT2D eigenvalue weighted by Crippen LogP contribution is -2.47. The van der Waals surface area contributed by atoms with E-state index in [4.69, 9.17) is 9.26 Å². The number of para-hydroxylation sites is 1. The summed E-state index contributed by atoms with van der Waals surface area (Å²) in [5.74, 6) is 0.535. The van der Waals surface area contributed by atoms with Crippen LogP contribution < -0.4 is 10.1 Å². The second kappa shape index (κ2) is 6.18. The maximum Gasteiger partial charge on any atom is 0.257 e. The molecule has 1 amide bonds. The highest BCUT2D eigenvalue weighted by Crippen LogP contribution is 2.33. The van der Waals surface area contributed by atoms with Gasteiger partial charge in [0.15, 0.2) is 9.84 Å². The molecular formula is C17H20N2O5S. The van der Waals surface area contributed by atoms with E-state index in [9.17, 15) is 13.2 Å². The molecule has 0 saturated carbocycles. The Kier molecular flexibility index (Phi) is 4.32. The van der Waals surface area contributed by atoms with Crippen molar-refractivity contribution in [2.24, 2.45) is 0 Å². The van der Waals surface area contributed by atoms with Gasteiger partial charge in [-0.2, -0.15) is 0 Å². The third-order valence-electron chi connectivity index (χ3n) is 4.37. The molecule has 0 aliphatic carbocycles. The van der Waals surface area contributed by atoms with Crippen molar-refractivity contribution in [2.45, 2.75) is 25.8 Å². The van der Waals surface area contributed by atoms with E-state index in [0.29, 0.717) is 29.2 Å². The van der Waals surface area contributed by atoms with Crippen LogP contribution in [0.1, 0.15) is 29.5 Å². The number of carbonyl (C=O) groups is 1. The van der Waals surface area contributed by atoms with E-state index < -0.39 is 21.3 Å². The van der Waals surface area contributed by atoms with E-state index in [-0.39, 0.29) is 17.1 Å². The number of sulfone groups is 1. The maximum atomic E-state index is 12.8. The minimum atomic E-state index is -3.13. The number of benzene rings is 1. The van der Waals surface area contributed by atoms with Crippen molar-refractivity contribution in [3.63, 3.8) is 0 Å². The van der Waals surface area contributed by atoms with Crippen LogP contribution in [0.5, 0.6) is 5.75 Å². The van der Waals surface area contributed by atoms with Crippen molar-refractivity contribution in [1.29, 1.82) is 0 Å². The number of rotatable bonds is 4. The van der Waals surface area contributed by atoms with Crippen molar-refractivity contribution < 1.29 is 22.5 Å². The van der Waals surface area contributed by atoms with E-state index in [1.54, 1.807) is 26.0 Å². The Bertz CT molecular complexity index is 919. The van der Waals surface area contributed by atoms with Crippen molar-refractivity contribution in [3.8, 4) is 17.0 Å². The first-order valence-corrected chi connectivity index (χ1v) is 9.69.